The molecule has 2 fully saturated rings. The van der Waals surface area contributed by atoms with Crippen LogP contribution in [0, 0.1) is 11.8 Å². The molecule has 13 heteroatoms. The predicted octanol–water partition coefficient (Wildman–Crippen LogP) is 1.66. The van der Waals surface area contributed by atoms with Gasteiger partial charge in [0, 0.05) is 38.0 Å². The number of Topliss-reactive ketones (excluding diaryl/α,β-unsaturated/α-hetero) is 1. The van der Waals surface area contributed by atoms with Gasteiger partial charge in [-0.15, -0.1) is 0 Å². The van der Waals surface area contributed by atoms with Crippen molar-refractivity contribution in [3.8, 4) is 0 Å². The summed E-state index contributed by atoms with van der Waals surface area (Å²) in [5, 5.41) is 12.4. The fourth-order valence-electron chi connectivity index (χ4n) is 5.24. The van der Waals surface area contributed by atoms with E-state index in [0.717, 1.165) is 18.7 Å². The first-order valence-corrected chi connectivity index (χ1v) is 15.7. The second kappa shape index (κ2) is 15.5. The van der Waals surface area contributed by atoms with Crippen LogP contribution in [0.5, 0.6) is 0 Å². The van der Waals surface area contributed by atoms with Gasteiger partial charge in [0.1, 0.15) is 17.7 Å². The molecule has 4 heterocycles. The Morgan fingerprint density at radius 1 is 0.911 bits per heavy atom. The van der Waals surface area contributed by atoms with E-state index in [1.54, 1.807) is 37.5 Å². The van der Waals surface area contributed by atoms with Crippen molar-refractivity contribution in [1.82, 2.24) is 31.0 Å². The van der Waals surface area contributed by atoms with Crippen molar-refractivity contribution in [1.29, 1.82) is 0 Å². The third-order valence-corrected chi connectivity index (χ3v) is 7.86. The van der Waals surface area contributed by atoms with Crippen LogP contribution in [0.3, 0.4) is 0 Å². The summed E-state index contributed by atoms with van der Waals surface area (Å²) < 4.78 is 16.1. The van der Waals surface area contributed by atoms with Gasteiger partial charge in [-0.05, 0) is 49.3 Å². The number of pyridine rings is 1. The smallest absolute Gasteiger partial charge is 0.274 e. The zero-order valence-corrected chi connectivity index (χ0v) is 26.8. The van der Waals surface area contributed by atoms with Crippen molar-refractivity contribution in [3.63, 3.8) is 0 Å². The van der Waals surface area contributed by atoms with E-state index in [9.17, 15) is 19.2 Å². The Balaban J connectivity index is 1.47. The molecule has 2 saturated heterocycles. The highest BCUT2D eigenvalue weighted by Crippen LogP contribution is 2.29. The molecule has 0 aromatic carbocycles. The lowest BCUT2D eigenvalue weighted by atomic mass is 9.93. The minimum Gasteiger partial charge on any atom is -0.379 e. The largest absolute Gasteiger partial charge is 0.379 e. The molecule has 2 aliphatic rings. The molecule has 3 N–H and O–H groups in total. The molecule has 4 atom stereocenters. The molecule has 2 aromatic rings. The number of morpholine rings is 1. The Morgan fingerprint density at radius 2 is 1.51 bits per heavy atom. The van der Waals surface area contributed by atoms with E-state index in [4.69, 9.17) is 14.0 Å². The highest BCUT2D eigenvalue weighted by molar-refractivity contribution is 5.99. The number of carbonyl (C=O) groups excluding carboxylic acids is 4. The monoisotopic (exact) mass is 626 g/mol. The molecular weight excluding hydrogens is 580 g/mol. The number of nitrogens with zero attached hydrogens (tertiary/aromatic N) is 3. The molecule has 0 bridgehead atoms. The molecule has 246 valence electrons. The van der Waals surface area contributed by atoms with Gasteiger partial charge >= 0.3 is 0 Å². The lowest BCUT2D eigenvalue weighted by Gasteiger charge is -2.27. The molecule has 2 aromatic heterocycles. The number of aromatic nitrogens is 2. The third-order valence-electron chi connectivity index (χ3n) is 7.86. The Morgan fingerprint density at radius 3 is 2.13 bits per heavy atom. The van der Waals surface area contributed by atoms with Gasteiger partial charge in [-0.1, -0.05) is 32.9 Å². The topological polar surface area (TPSA) is 168 Å². The van der Waals surface area contributed by atoms with Crippen molar-refractivity contribution in [2.24, 2.45) is 11.8 Å². The van der Waals surface area contributed by atoms with Gasteiger partial charge in [-0.25, -0.2) is 0 Å². The fraction of sp³-hybridized carbons (Fsp3) is 0.625. The van der Waals surface area contributed by atoms with Crippen LogP contribution >= 0.6 is 0 Å². The third kappa shape index (κ3) is 10.2. The van der Waals surface area contributed by atoms with Crippen molar-refractivity contribution in [2.75, 3.05) is 32.9 Å². The van der Waals surface area contributed by atoms with E-state index >= 15 is 0 Å². The molecule has 2 aliphatic heterocycles. The molecule has 0 spiro atoms. The zero-order chi connectivity index (χ0) is 32.6. The van der Waals surface area contributed by atoms with Crippen LogP contribution in [0.2, 0.25) is 0 Å². The quantitative estimate of drug-likeness (QED) is 0.233. The molecule has 0 radical (unpaired) electrons. The molecule has 13 nitrogen and oxygen atoms in total. The summed E-state index contributed by atoms with van der Waals surface area (Å²) in [5.74, 6) is -1.04. The van der Waals surface area contributed by atoms with Crippen molar-refractivity contribution in [3.05, 3.63) is 47.6 Å². The van der Waals surface area contributed by atoms with E-state index in [0.29, 0.717) is 45.0 Å². The minimum absolute atomic E-state index is 0.0510. The first-order valence-electron chi connectivity index (χ1n) is 15.7. The number of ketones is 1. The molecular formula is C32H46N6O7. The van der Waals surface area contributed by atoms with E-state index in [-0.39, 0.29) is 29.7 Å². The maximum Gasteiger partial charge on any atom is 0.274 e. The molecule has 45 heavy (non-hydrogen) atoms. The van der Waals surface area contributed by atoms with Gasteiger partial charge in [-0.3, -0.25) is 29.1 Å². The minimum atomic E-state index is -1.02. The first kappa shape index (κ1) is 34.2. The second-order valence-electron chi connectivity index (χ2n) is 12.9. The molecule has 0 aliphatic carbocycles. The maximum atomic E-state index is 13.7. The van der Waals surface area contributed by atoms with Crippen molar-refractivity contribution >= 4 is 23.5 Å². The maximum absolute atomic E-state index is 13.7. The number of ether oxygens (including phenoxy) is 2. The summed E-state index contributed by atoms with van der Waals surface area (Å²) in [4.78, 5) is 60.0. The van der Waals surface area contributed by atoms with Gasteiger partial charge in [0.15, 0.2) is 17.2 Å². The van der Waals surface area contributed by atoms with Gasteiger partial charge in [-0.2, -0.15) is 0 Å². The summed E-state index contributed by atoms with van der Waals surface area (Å²) >= 11 is 0. The highest BCUT2D eigenvalue weighted by Gasteiger charge is 2.50. The van der Waals surface area contributed by atoms with Crippen molar-refractivity contribution in [2.45, 2.75) is 84.2 Å². The highest BCUT2D eigenvalue weighted by atomic mass is 16.6. The molecule has 0 saturated carbocycles. The van der Waals surface area contributed by atoms with Crippen LogP contribution in [-0.2, 0) is 36.8 Å². The number of nitrogens with one attached hydrogen (secondary N) is 3. The van der Waals surface area contributed by atoms with Crippen LogP contribution in [-0.4, -0.2) is 95.2 Å². The van der Waals surface area contributed by atoms with Crippen molar-refractivity contribution < 1.29 is 33.2 Å². The van der Waals surface area contributed by atoms with E-state index in [1.165, 1.54) is 0 Å². The lowest BCUT2D eigenvalue weighted by molar-refractivity contribution is -0.133. The van der Waals surface area contributed by atoms with Crippen LogP contribution in [0.4, 0.5) is 0 Å². The molecule has 0 unspecified atom stereocenters. The van der Waals surface area contributed by atoms with Gasteiger partial charge in [0.05, 0.1) is 32.4 Å². The van der Waals surface area contributed by atoms with Crippen LogP contribution in [0.25, 0.3) is 0 Å². The van der Waals surface area contributed by atoms with E-state index < -0.39 is 41.4 Å². The Hall–Kier alpha value is -3.68. The van der Waals surface area contributed by atoms with Crippen LogP contribution in [0.15, 0.2) is 35.1 Å². The Labute approximate surface area is 264 Å². The lowest BCUT2D eigenvalue weighted by Crippen LogP contribution is -2.57. The standard InChI is InChI=1S/C32H46N6O7/c1-20(2)14-24(28(39)32(5)19-44-32)34-30(41)26(16-22-6-8-33-9-7-22)36-29(40)25(15-21(3)4)35-31(42)27-17-23(45-37-27)18-38-10-12-43-13-11-38/h6-9,17,20-21,24-26H,10-16,18-19H2,1-5H3,(H,34,41)(H,35,42)(H,36,40)/t24-,25-,26-,32-/m0/s1. The van der Waals surface area contributed by atoms with Gasteiger partial charge < -0.3 is 29.9 Å². The fourth-order valence-corrected chi connectivity index (χ4v) is 5.24. The normalized spacial score (nSPS) is 20.3. The first-order chi connectivity index (χ1) is 21.4. The van der Waals surface area contributed by atoms with Crippen LogP contribution < -0.4 is 16.0 Å². The predicted molar refractivity (Wildman–Crippen MR) is 164 cm³/mol. The van der Waals surface area contributed by atoms with Gasteiger partial charge in [0.25, 0.3) is 5.91 Å². The summed E-state index contributed by atoms with van der Waals surface area (Å²) in [6.07, 6.45) is 4.12. The summed E-state index contributed by atoms with van der Waals surface area (Å²) in [7, 11) is 0. The summed E-state index contributed by atoms with van der Waals surface area (Å²) in [6, 6.07) is 2.35. The average molecular weight is 627 g/mol. The summed E-state index contributed by atoms with van der Waals surface area (Å²) in [5.41, 5.74) is -0.0711. The summed E-state index contributed by atoms with van der Waals surface area (Å²) in [6.45, 7) is 13.1. The molecule has 4 rings (SSSR count). The zero-order valence-electron chi connectivity index (χ0n) is 26.8. The van der Waals surface area contributed by atoms with E-state index in [1.807, 2.05) is 27.7 Å². The number of rotatable bonds is 16. The number of carbonyl (C=O) groups is 4. The number of epoxide rings is 1. The van der Waals surface area contributed by atoms with E-state index in [2.05, 4.69) is 31.0 Å². The second-order valence-corrected chi connectivity index (χ2v) is 12.9. The average Bonchev–Trinajstić information content (AvgIpc) is 3.58. The number of hydrogen-bond acceptors (Lipinski definition) is 10. The Kier molecular flexibility index (Phi) is 11.8. The SMILES string of the molecule is CC(C)C[C@H](NC(=O)c1cc(CN2CCOCC2)on1)C(=O)N[C@@H](Cc1ccncc1)C(=O)N[C@@H](CC(C)C)C(=O)[C@]1(C)CO1. The van der Waals surface area contributed by atoms with Gasteiger partial charge in [0.2, 0.25) is 11.8 Å². The number of amides is 3. The number of hydrogen-bond donors (Lipinski definition) is 3. The molecule has 3 amide bonds. The Bertz CT molecular complexity index is 1300. The van der Waals surface area contributed by atoms with Crippen LogP contribution in [0.1, 0.15) is 69.3 Å².